The summed E-state index contributed by atoms with van der Waals surface area (Å²) >= 11 is 5.22. The minimum Gasteiger partial charge on any atom is -0.310 e. The Morgan fingerprint density at radius 3 is 2.36 bits per heavy atom. The molecule has 2 unspecified atom stereocenters. The first-order valence-corrected chi connectivity index (χ1v) is 7.28. The standard InChI is InChI=1S/C17H13N3OS/c18-11-13-14(12-7-3-1-4-8-12)15(16(21)19-17(13)22)20-9-5-2-6-10-20/h1-10,14-15,18H/p+1. The molecular weight excluding hydrogens is 294 g/mol. The van der Waals surface area contributed by atoms with Gasteiger partial charge in [-0.3, -0.25) is 10.2 Å². The van der Waals surface area contributed by atoms with E-state index >= 15 is 0 Å². The van der Waals surface area contributed by atoms with Crippen molar-refractivity contribution < 1.29 is 9.36 Å². The second kappa shape index (κ2) is 6.02. The monoisotopic (exact) mass is 308 g/mol. The zero-order valence-corrected chi connectivity index (χ0v) is 12.5. The summed E-state index contributed by atoms with van der Waals surface area (Å²) in [5.74, 6) is 1.92. The molecule has 0 aliphatic carbocycles. The molecular formula is C17H14N3OS+. The van der Waals surface area contributed by atoms with Crippen LogP contribution in [0.4, 0.5) is 0 Å². The van der Waals surface area contributed by atoms with E-state index in [9.17, 15) is 4.79 Å². The second-order valence-corrected chi connectivity index (χ2v) is 5.42. The van der Waals surface area contributed by atoms with Crippen LogP contribution in [0.25, 0.3) is 0 Å². The van der Waals surface area contributed by atoms with E-state index in [4.69, 9.17) is 17.6 Å². The molecule has 1 aliphatic rings. The number of nitrogens with one attached hydrogen (secondary N) is 2. The van der Waals surface area contributed by atoms with Crippen molar-refractivity contribution in [2.45, 2.75) is 12.0 Å². The molecule has 0 saturated carbocycles. The maximum atomic E-state index is 12.5. The predicted molar refractivity (Wildman–Crippen MR) is 86.8 cm³/mol. The summed E-state index contributed by atoms with van der Waals surface area (Å²) in [6, 6.07) is 14.8. The molecule has 108 valence electrons. The van der Waals surface area contributed by atoms with Gasteiger partial charge in [0.15, 0.2) is 12.4 Å². The maximum Gasteiger partial charge on any atom is 0.295 e. The molecule has 0 bridgehead atoms. The number of aromatic nitrogens is 1. The first-order chi connectivity index (χ1) is 10.7. The van der Waals surface area contributed by atoms with Crippen LogP contribution in [0.15, 0.2) is 66.5 Å². The minimum atomic E-state index is -0.497. The smallest absolute Gasteiger partial charge is 0.295 e. The normalized spacial score (nSPS) is 21.2. The molecule has 2 aromatic rings. The van der Waals surface area contributed by atoms with Gasteiger partial charge < -0.3 is 5.32 Å². The molecule has 2 heterocycles. The third kappa shape index (κ3) is 2.48. The van der Waals surface area contributed by atoms with Crippen LogP contribution < -0.4 is 9.88 Å². The second-order valence-electron chi connectivity index (χ2n) is 5.01. The lowest BCUT2D eigenvalue weighted by molar-refractivity contribution is -0.711. The van der Waals surface area contributed by atoms with Gasteiger partial charge in [-0.2, -0.15) is 4.57 Å². The lowest BCUT2D eigenvalue weighted by atomic mass is 9.82. The summed E-state index contributed by atoms with van der Waals surface area (Å²) in [7, 11) is 0. The van der Waals surface area contributed by atoms with Crippen LogP contribution in [0, 0.1) is 5.41 Å². The summed E-state index contributed by atoms with van der Waals surface area (Å²) in [6.07, 6.45) is 3.69. The van der Waals surface area contributed by atoms with Crippen LogP contribution in [-0.4, -0.2) is 16.8 Å². The number of piperidine rings is 1. The van der Waals surface area contributed by atoms with E-state index < -0.39 is 6.04 Å². The van der Waals surface area contributed by atoms with Gasteiger partial charge in [0, 0.05) is 12.1 Å². The molecule has 1 amide bonds. The Labute approximate surface area is 133 Å². The molecule has 2 atom stereocenters. The molecule has 4 nitrogen and oxygen atoms in total. The van der Waals surface area contributed by atoms with E-state index in [1.807, 2.05) is 65.5 Å². The number of carbonyl (C=O) groups is 1. The number of hydrogen-bond donors (Lipinski definition) is 2. The van der Waals surface area contributed by atoms with Crippen LogP contribution in [0.1, 0.15) is 17.5 Å². The Kier molecular flexibility index (Phi) is 3.92. The molecule has 1 aliphatic heterocycles. The molecule has 22 heavy (non-hydrogen) atoms. The predicted octanol–water partition coefficient (Wildman–Crippen LogP) is 1.93. The molecule has 1 aromatic carbocycles. The summed E-state index contributed by atoms with van der Waals surface area (Å²) in [5, 5.41) is 10.3. The van der Waals surface area contributed by atoms with E-state index in [-0.39, 0.29) is 16.8 Å². The van der Waals surface area contributed by atoms with E-state index in [0.29, 0.717) is 5.57 Å². The van der Waals surface area contributed by atoms with Crippen molar-refractivity contribution >= 4 is 29.0 Å². The fourth-order valence-corrected chi connectivity index (χ4v) is 3.03. The summed E-state index contributed by atoms with van der Waals surface area (Å²) in [6.45, 7) is 0. The van der Waals surface area contributed by atoms with Gasteiger partial charge >= 0.3 is 0 Å². The van der Waals surface area contributed by atoms with Crippen molar-refractivity contribution in [2.24, 2.45) is 0 Å². The summed E-state index contributed by atoms with van der Waals surface area (Å²) < 4.78 is 1.84. The van der Waals surface area contributed by atoms with E-state index in [0.717, 1.165) is 5.56 Å². The minimum absolute atomic E-state index is 0.172. The molecule has 5 heteroatoms. The Balaban J connectivity index is 2.18. The largest absolute Gasteiger partial charge is 0.310 e. The molecule has 3 rings (SSSR count). The highest BCUT2D eigenvalue weighted by Gasteiger charge is 2.45. The van der Waals surface area contributed by atoms with E-state index in [1.165, 1.54) is 0 Å². The highest BCUT2D eigenvalue weighted by atomic mass is 32.1. The first kappa shape index (κ1) is 14.3. The fraction of sp³-hybridized carbons (Fsp3) is 0.118. The molecule has 2 N–H and O–H groups in total. The van der Waals surface area contributed by atoms with Crippen LogP contribution in [-0.2, 0) is 4.79 Å². The van der Waals surface area contributed by atoms with E-state index in [2.05, 4.69) is 11.2 Å². The van der Waals surface area contributed by atoms with Gasteiger partial charge in [0.05, 0.1) is 11.5 Å². The Morgan fingerprint density at radius 1 is 1.09 bits per heavy atom. The maximum absolute atomic E-state index is 12.5. The van der Waals surface area contributed by atoms with Gasteiger partial charge in [-0.15, -0.1) is 0 Å². The van der Waals surface area contributed by atoms with Crippen LogP contribution in [0.5, 0.6) is 0 Å². The number of thiocarbonyl (C=S) groups is 1. The van der Waals surface area contributed by atoms with Gasteiger partial charge in [-0.25, -0.2) is 0 Å². The number of rotatable bonds is 2. The average molecular weight is 308 g/mol. The molecule has 1 saturated heterocycles. The van der Waals surface area contributed by atoms with Crippen molar-refractivity contribution in [2.75, 3.05) is 0 Å². The van der Waals surface area contributed by atoms with Crippen molar-refractivity contribution in [1.29, 1.82) is 5.41 Å². The van der Waals surface area contributed by atoms with Crippen molar-refractivity contribution in [3.8, 4) is 0 Å². The highest BCUT2D eigenvalue weighted by Crippen LogP contribution is 2.34. The number of benzene rings is 1. The van der Waals surface area contributed by atoms with Gasteiger partial charge in [0.1, 0.15) is 4.99 Å². The highest BCUT2D eigenvalue weighted by molar-refractivity contribution is 7.80. The Hall–Kier alpha value is -2.62. The number of hydrogen-bond acceptors (Lipinski definition) is 3. The first-order valence-electron chi connectivity index (χ1n) is 6.88. The average Bonchev–Trinajstić information content (AvgIpc) is 2.56. The van der Waals surface area contributed by atoms with Gasteiger partial charge in [-0.1, -0.05) is 48.6 Å². The van der Waals surface area contributed by atoms with Gasteiger partial charge in [0.2, 0.25) is 6.04 Å². The third-order valence-corrected chi connectivity index (χ3v) is 4.05. The quantitative estimate of drug-likeness (QED) is 0.385. The molecule has 1 aromatic heterocycles. The zero-order chi connectivity index (χ0) is 15.5. The van der Waals surface area contributed by atoms with Crippen molar-refractivity contribution in [1.82, 2.24) is 5.32 Å². The van der Waals surface area contributed by atoms with Crippen molar-refractivity contribution in [3.05, 3.63) is 72.1 Å². The topological polar surface area (TPSA) is 56.8 Å². The third-order valence-electron chi connectivity index (χ3n) is 3.73. The van der Waals surface area contributed by atoms with Crippen molar-refractivity contribution in [3.63, 3.8) is 0 Å². The summed E-state index contributed by atoms with van der Waals surface area (Å²) in [4.78, 5) is 12.8. The number of pyridine rings is 1. The van der Waals surface area contributed by atoms with E-state index in [1.54, 1.807) is 0 Å². The molecule has 1 fully saturated rings. The number of amides is 1. The van der Waals surface area contributed by atoms with Gasteiger partial charge in [0.25, 0.3) is 5.91 Å². The van der Waals surface area contributed by atoms with Crippen LogP contribution >= 0.6 is 12.2 Å². The lowest BCUT2D eigenvalue weighted by Gasteiger charge is -2.29. The zero-order valence-electron chi connectivity index (χ0n) is 11.7. The van der Waals surface area contributed by atoms with Crippen LogP contribution in [0.3, 0.4) is 0 Å². The van der Waals surface area contributed by atoms with Crippen LogP contribution in [0.2, 0.25) is 0 Å². The Bertz CT molecular complexity index is 767. The number of nitrogens with zero attached hydrogens (tertiary/aromatic N) is 1. The molecule has 0 radical (unpaired) electrons. The van der Waals surface area contributed by atoms with Gasteiger partial charge in [-0.05, 0) is 11.4 Å². The lowest BCUT2D eigenvalue weighted by Crippen LogP contribution is -2.56. The fourth-order valence-electron chi connectivity index (χ4n) is 2.75. The Morgan fingerprint density at radius 2 is 1.73 bits per heavy atom. The molecule has 0 spiro atoms. The SMILES string of the molecule is N=C=C1C(=S)NC(=O)C([n+]2ccccc2)C1c1ccccc1. The summed E-state index contributed by atoms with van der Waals surface area (Å²) in [5.41, 5.74) is 1.47. The number of carbonyl (C=O) groups excluding carboxylic acids is 1.